The molecule has 5 nitrogen and oxygen atoms in total. The van der Waals surface area contributed by atoms with E-state index in [4.69, 9.17) is 14.2 Å². The average molecular weight is 574 g/mol. The van der Waals surface area contributed by atoms with Crippen LogP contribution in [0.3, 0.4) is 0 Å². The van der Waals surface area contributed by atoms with Crippen molar-refractivity contribution in [2.45, 2.75) is 54.1 Å². The molecule has 1 aliphatic heterocycles. The van der Waals surface area contributed by atoms with Crippen molar-refractivity contribution >= 4 is 22.6 Å². The Bertz CT molecular complexity index is 918. The van der Waals surface area contributed by atoms with Gasteiger partial charge in [0.05, 0.1) is 22.7 Å². The van der Waals surface area contributed by atoms with E-state index in [0.29, 0.717) is 0 Å². The Morgan fingerprint density at radius 3 is 1.65 bits per heavy atom. The molecule has 3 aromatic carbocycles. The van der Waals surface area contributed by atoms with E-state index in [9.17, 15) is 10.2 Å². The highest BCUT2D eigenvalue weighted by molar-refractivity contribution is 14.1. The van der Waals surface area contributed by atoms with E-state index in [2.05, 4.69) is 22.6 Å². The van der Waals surface area contributed by atoms with Crippen LogP contribution in [-0.2, 0) is 19.8 Å². The lowest BCUT2D eigenvalue weighted by Gasteiger charge is -2.43. The molecule has 2 N–H and O–H groups in total. The number of benzene rings is 3. The lowest BCUT2D eigenvalue weighted by molar-refractivity contribution is -0.265. The fourth-order valence-corrected chi connectivity index (χ4v) is 5.15. The molecule has 34 heavy (non-hydrogen) atoms. The molecule has 1 fully saturated rings. The number of alkyl halides is 1. The Morgan fingerprint density at radius 2 is 1.24 bits per heavy atom. The first kappa shape index (κ1) is 25.3. The fourth-order valence-electron chi connectivity index (χ4n) is 4.39. The van der Waals surface area contributed by atoms with Gasteiger partial charge in [0.1, 0.15) is 17.8 Å². The molecule has 0 bridgehead atoms. The van der Waals surface area contributed by atoms with Gasteiger partial charge in [0.2, 0.25) is 0 Å². The van der Waals surface area contributed by atoms with Crippen molar-refractivity contribution in [3.05, 3.63) is 108 Å². The first-order chi connectivity index (χ1) is 16.4. The molecular formula is C28H31IO5. The van der Waals surface area contributed by atoms with Gasteiger partial charge in [-0.1, -0.05) is 114 Å². The highest BCUT2D eigenvalue weighted by Crippen LogP contribution is 2.41. The van der Waals surface area contributed by atoms with Gasteiger partial charge in [0, 0.05) is 0 Å². The predicted octanol–water partition coefficient (Wildman–Crippen LogP) is 4.67. The average Bonchev–Trinajstić information content (AvgIpc) is 2.87. The number of rotatable bonds is 8. The number of hydrogen-bond acceptors (Lipinski definition) is 5. The molecule has 1 aliphatic rings. The molecule has 0 radical (unpaired) electrons. The number of hydrogen-bond donors (Lipinski definition) is 2. The summed E-state index contributed by atoms with van der Waals surface area (Å²) in [4.78, 5) is 0. The van der Waals surface area contributed by atoms with Gasteiger partial charge in [-0.15, -0.1) is 0 Å². The first-order valence-electron chi connectivity index (χ1n) is 11.5. The van der Waals surface area contributed by atoms with Crippen LogP contribution in [0.4, 0.5) is 0 Å². The largest absolute Gasteiger partial charge is 0.389 e. The summed E-state index contributed by atoms with van der Waals surface area (Å²) >= 11 is 2.08. The Balaban J connectivity index is 1.73. The summed E-state index contributed by atoms with van der Waals surface area (Å²) in [5.74, 6) is 0. The second kappa shape index (κ2) is 11.3. The fraction of sp³-hybridized carbons (Fsp3) is 0.357. The van der Waals surface area contributed by atoms with Crippen molar-refractivity contribution in [1.82, 2.24) is 0 Å². The maximum absolute atomic E-state index is 10.9. The first-order valence-corrected chi connectivity index (χ1v) is 12.8. The lowest BCUT2D eigenvalue weighted by atomic mass is 9.80. The number of ether oxygens (including phenoxy) is 3. The van der Waals surface area contributed by atoms with Crippen LogP contribution in [0, 0.1) is 0 Å². The van der Waals surface area contributed by atoms with Crippen LogP contribution >= 0.6 is 22.6 Å². The van der Waals surface area contributed by atoms with Crippen LogP contribution in [-0.4, -0.2) is 51.5 Å². The van der Waals surface area contributed by atoms with Crippen molar-refractivity contribution in [2.24, 2.45) is 0 Å². The van der Waals surface area contributed by atoms with Gasteiger partial charge >= 0.3 is 0 Å². The summed E-state index contributed by atoms with van der Waals surface area (Å²) < 4.78 is 18.4. The highest BCUT2D eigenvalue weighted by atomic mass is 127. The lowest BCUT2D eigenvalue weighted by Crippen LogP contribution is -2.58. The normalized spacial score (nSPS) is 25.4. The molecule has 6 heteroatoms. The van der Waals surface area contributed by atoms with Crippen molar-refractivity contribution in [1.29, 1.82) is 0 Å². The van der Waals surface area contributed by atoms with Gasteiger partial charge in [0.15, 0.2) is 6.29 Å². The summed E-state index contributed by atoms with van der Waals surface area (Å²) in [7, 11) is 0. The van der Waals surface area contributed by atoms with Crippen LogP contribution in [0.15, 0.2) is 91.0 Å². The van der Waals surface area contributed by atoms with Crippen molar-refractivity contribution in [3.8, 4) is 0 Å². The van der Waals surface area contributed by atoms with Gasteiger partial charge in [-0.3, -0.25) is 0 Å². The summed E-state index contributed by atoms with van der Waals surface area (Å²) in [5.41, 5.74) is 1.94. The van der Waals surface area contributed by atoms with Crippen LogP contribution in [0.25, 0.3) is 0 Å². The molecule has 0 unspecified atom stereocenters. The third-order valence-corrected chi connectivity index (χ3v) is 7.36. The Labute approximate surface area is 214 Å². The molecule has 1 heterocycles. The number of aliphatic hydroxyl groups excluding tert-OH is 2. The summed E-state index contributed by atoms with van der Waals surface area (Å²) in [6, 6.07) is 30.1. The zero-order chi connectivity index (χ0) is 24.1. The van der Waals surface area contributed by atoms with Crippen LogP contribution < -0.4 is 0 Å². The summed E-state index contributed by atoms with van der Waals surface area (Å²) in [6.45, 7) is 3.89. The minimum absolute atomic E-state index is 0.0538. The molecule has 4 rings (SSSR count). The standard InChI is InChI=1S/C28H31IO5/c1-19(2)33-27-24(29)26(31)25(30)23(34-27)18-32-28(20-12-6-3-7-13-20,21-14-8-4-9-15-21)22-16-10-5-11-17-22/h3-17,19,23-27,30-31H,18H2,1-2H3/t23-,24+,25-,26-,27+/m0/s1. The quantitative estimate of drug-likeness (QED) is 0.233. The van der Waals surface area contributed by atoms with Gasteiger partial charge in [-0.2, -0.15) is 0 Å². The van der Waals surface area contributed by atoms with Crippen molar-refractivity contribution < 1.29 is 24.4 Å². The van der Waals surface area contributed by atoms with Crippen LogP contribution in [0.1, 0.15) is 30.5 Å². The molecule has 0 aromatic heterocycles. The van der Waals surface area contributed by atoms with Crippen molar-refractivity contribution in [2.75, 3.05) is 6.61 Å². The van der Waals surface area contributed by atoms with Gasteiger partial charge in [-0.05, 0) is 30.5 Å². The second-order valence-electron chi connectivity index (χ2n) is 8.74. The smallest absolute Gasteiger partial charge is 0.172 e. The monoisotopic (exact) mass is 574 g/mol. The van der Waals surface area contributed by atoms with E-state index in [1.807, 2.05) is 105 Å². The minimum Gasteiger partial charge on any atom is -0.389 e. The number of aliphatic hydroxyl groups is 2. The van der Waals surface area contributed by atoms with E-state index < -0.39 is 34.1 Å². The summed E-state index contributed by atoms with van der Waals surface area (Å²) in [5, 5.41) is 21.6. The molecule has 1 saturated heterocycles. The number of halogens is 1. The molecule has 0 saturated carbocycles. The van der Waals surface area contributed by atoms with Crippen LogP contribution in [0.2, 0.25) is 0 Å². The molecule has 0 aliphatic carbocycles. The van der Waals surface area contributed by atoms with E-state index in [1.54, 1.807) is 0 Å². The van der Waals surface area contributed by atoms with Gasteiger partial charge < -0.3 is 24.4 Å². The maximum atomic E-state index is 10.9. The topological polar surface area (TPSA) is 68.2 Å². The molecule has 0 spiro atoms. The van der Waals surface area contributed by atoms with Crippen molar-refractivity contribution in [3.63, 3.8) is 0 Å². The molecule has 5 atom stereocenters. The van der Waals surface area contributed by atoms with E-state index in [0.717, 1.165) is 16.7 Å². The Hall–Kier alpha value is -1.81. The summed E-state index contributed by atoms with van der Waals surface area (Å²) in [6.07, 6.45) is -3.59. The maximum Gasteiger partial charge on any atom is 0.172 e. The zero-order valence-corrected chi connectivity index (χ0v) is 21.5. The Kier molecular flexibility index (Phi) is 8.39. The molecular weight excluding hydrogens is 543 g/mol. The van der Waals surface area contributed by atoms with E-state index >= 15 is 0 Å². The SMILES string of the molecule is CC(C)O[C@@H]1O[C@@H](COC(c2ccccc2)(c2ccccc2)c2ccccc2)[C@H](O)[C@@H](O)[C@H]1I. The third-order valence-electron chi connectivity index (χ3n) is 6.04. The molecule has 0 amide bonds. The van der Waals surface area contributed by atoms with Crippen LogP contribution in [0.5, 0.6) is 0 Å². The Morgan fingerprint density at radius 1 is 0.794 bits per heavy atom. The van der Waals surface area contributed by atoms with Gasteiger partial charge in [-0.25, -0.2) is 0 Å². The molecule has 3 aromatic rings. The predicted molar refractivity (Wildman–Crippen MR) is 140 cm³/mol. The van der Waals surface area contributed by atoms with E-state index in [1.165, 1.54) is 0 Å². The highest BCUT2D eigenvalue weighted by Gasteiger charge is 2.46. The zero-order valence-electron chi connectivity index (χ0n) is 19.3. The van der Waals surface area contributed by atoms with E-state index in [-0.39, 0.29) is 12.7 Å². The van der Waals surface area contributed by atoms with Gasteiger partial charge in [0.25, 0.3) is 0 Å². The third kappa shape index (κ3) is 5.22. The molecule has 180 valence electrons. The second-order valence-corrected chi connectivity index (χ2v) is 10.2. The minimum atomic E-state index is -1.10.